The molecule has 1 nitrogen and oxygen atoms in total. The lowest BCUT2D eigenvalue weighted by Gasteiger charge is -2.50. The minimum atomic E-state index is 0.349. The van der Waals surface area contributed by atoms with Crippen molar-refractivity contribution in [2.24, 2.45) is 17.3 Å². The quantitative estimate of drug-likeness (QED) is 0.610. The Kier molecular flexibility index (Phi) is 3.42. The summed E-state index contributed by atoms with van der Waals surface area (Å²) < 4.78 is 0. The Morgan fingerprint density at radius 1 is 1.21 bits per heavy atom. The second kappa shape index (κ2) is 5.42. The fourth-order valence-corrected chi connectivity index (χ4v) is 7.26. The van der Waals surface area contributed by atoms with E-state index >= 15 is 0 Å². The molecule has 2 fully saturated rings. The van der Waals surface area contributed by atoms with E-state index in [-0.39, 0.29) is 0 Å². The highest BCUT2D eigenvalue weighted by Gasteiger charge is 2.52. The Morgan fingerprint density at radius 2 is 2.12 bits per heavy atom. The molecule has 24 heavy (non-hydrogen) atoms. The average molecular weight is 339 g/mol. The lowest BCUT2D eigenvalue weighted by atomic mass is 9.54. The normalized spacial score (nSPS) is 38.5. The highest BCUT2D eigenvalue weighted by Crippen LogP contribution is 2.64. The summed E-state index contributed by atoms with van der Waals surface area (Å²) in [5, 5.41) is 2.24. The highest BCUT2D eigenvalue weighted by atomic mass is 32.1. The lowest BCUT2D eigenvalue weighted by Crippen LogP contribution is -2.40. The van der Waals surface area contributed by atoms with Crippen molar-refractivity contribution in [2.75, 3.05) is 0 Å². The molecule has 0 spiro atoms. The van der Waals surface area contributed by atoms with E-state index in [0.717, 1.165) is 31.1 Å². The van der Waals surface area contributed by atoms with Gasteiger partial charge >= 0.3 is 0 Å². The van der Waals surface area contributed by atoms with Crippen LogP contribution >= 0.6 is 11.3 Å². The van der Waals surface area contributed by atoms with Gasteiger partial charge in [-0.2, -0.15) is 0 Å². The maximum absolute atomic E-state index is 11.9. The molecule has 4 atom stereocenters. The minimum Gasteiger partial charge on any atom is -0.295 e. The molecule has 0 aliphatic heterocycles. The zero-order valence-corrected chi connectivity index (χ0v) is 15.3. The van der Waals surface area contributed by atoms with E-state index in [0.29, 0.717) is 17.1 Å². The number of carbonyl (C=O) groups is 1. The summed E-state index contributed by atoms with van der Waals surface area (Å²) in [7, 11) is 0. The summed E-state index contributed by atoms with van der Waals surface area (Å²) in [6.07, 6.45) is 11.7. The number of thiophene rings is 1. The summed E-state index contributed by atoms with van der Waals surface area (Å²) in [5.41, 5.74) is 5.28. The van der Waals surface area contributed by atoms with Gasteiger partial charge in [0.15, 0.2) is 5.78 Å². The summed E-state index contributed by atoms with van der Waals surface area (Å²) in [6.45, 7) is 2.57. The molecule has 0 saturated heterocycles. The molecule has 0 aromatic carbocycles. The van der Waals surface area contributed by atoms with Crippen LogP contribution in [-0.2, 0) is 4.79 Å². The molecule has 4 aliphatic carbocycles. The van der Waals surface area contributed by atoms with Gasteiger partial charge in [0.05, 0.1) is 0 Å². The van der Waals surface area contributed by atoms with Gasteiger partial charge in [-0.25, -0.2) is 0 Å². The van der Waals surface area contributed by atoms with Gasteiger partial charge in [0.2, 0.25) is 0 Å². The first-order valence-electron chi connectivity index (χ1n) is 9.66. The van der Waals surface area contributed by atoms with Gasteiger partial charge in [-0.1, -0.05) is 25.0 Å². The number of carbonyl (C=O) groups excluding carboxylic acids is 1. The lowest BCUT2D eigenvalue weighted by molar-refractivity contribution is -0.114. The first-order chi connectivity index (χ1) is 11.7. The average Bonchev–Trinajstić information content (AvgIpc) is 3.22. The summed E-state index contributed by atoms with van der Waals surface area (Å²) in [4.78, 5) is 13.5. The zero-order valence-electron chi connectivity index (χ0n) is 14.5. The van der Waals surface area contributed by atoms with Crippen molar-refractivity contribution in [1.82, 2.24) is 0 Å². The van der Waals surface area contributed by atoms with Crippen molar-refractivity contribution in [3.63, 3.8) is 0 Å². The molecule has 126 valence electrons. The molecule has 0 N–H and O–H groups in total. The molecule has 0 unspecified atom stereocenters. The fourth-order valence-electron chi connectivity index (χ4n) is 6.41. The van der Waals surface area contributed by atoms with Crippen molar-refractivity contribution in [3.05, 3.63) is 45.2 Å². The van der Waals surface area contributed by atoms with Gasteiger partial charge in [0, 0.05) is 17.2 Å². The first kappa shape index (κ1) is 15.1. The van der Waals surface area contributed by atoms with Crippen LogP contribution in [0.2, 0.25) is 0 Å². The number of hydrogen-bond donors (Lipinski definition) is 0. The van der Waals surface area contributed by atoms with Crippen LogP contribution in [0.4, 0.5) is 0 Å². The molecule has 0 bridgehead atoms. The third kappa shape index (κ3) is 2.15. The van der Waals surface area contributed by atoms with Gasteiger partial charge in [-0.15, -0.1) is 11.3 Å². The van der Waals surface area contributed by atoms with E-state index in [1.165, 1.54) is 37.7 Å². The Morgan fingerprint density at radius 3 is 2.96 bits per heavy atom. The summed E-state index contributed by atoms with van der Waals surface area (Å²) in [6, 6.07) is 4.57. The number of rotatable bonds is 1. The molecule has 0 radical (unpaired) electrons. The van der Waals surface area contributed by atoms with E-state index in [9.17, 15) is 4.79 Å². The Hall–Kier alpha value is -1.15. The van der Waals surface area contributed by atoms with Crippen LogP contribution in [0.5, 0.6) is 0 Å². The third-order valence-corrected chi connectivity index (χ3v) is 8.38. The molecular formula is C22H26OS. The van der Waals surface area contributed by atoms with E-state index in [1.54, 1.807) is 16.0 Å². The predicted molar refractivity (Wildman–Crippen MR) is 99.2 cm³/mol. The second-order valence-corrected chi connectivity index (χ2v) is 9.62. The third-order valence-electron chi connectivity index (χ3n) is 7.39. The second-order valence-electron chi connectivity index (χ2n) is 8.64. The van der Waals surface area contributed by atoms with Crippen LogP contribution in [0, 0.1) is 17.3 Å². The summed E-state index contributed by atoms with van der Waals surface area (Å²) >= 11 is 1.94. The molecular weight excluding hydrogens is 312 g/mol. The van der Waals surface area contributed by atoms with Crippen molar-refractivity contribution in [2.45, 2.75) is 64.2 Å². The minimum absolute atomic E-state index is 0.349. The number of fused-ring (bicyclic) bond motifs is 4. The van der Waals surface area contributed by atoms with Gasteiger partial charge < -0.3 is 0 Å². The van der Waals surface area contributed by atoms with Crippen LogP contribution < -0.4 is 0 Å². The smallest absolute Gasteiger partial charge is 0.156 e. The molecule has 2 heteroatoms. The fraction of sp³-hybridized carbons (Fsp3) is 0.591. The van der Waals surface area contributed by atoms with Crippen molar-refractivity contribution in [1.29, 1.82) is 0 Å². The van der Waals surface area contributed by atoms with Crippen molar-refractivity contribution >= 4 is 17.1 Å². The molecule has 4 aliphatic rings. The van der Waals surface area contributed by atoms with Gasteiger partial charge in [-0.05, 0) is 84.4 Å². The SMILES string of the molecule is C[C@@]12CCC[C@H]1[C@@H]1CCC3=CC(=O)CCC3=C1[C@@H](c1cccs1)C2. The molecule has 1 aromatic heterocycles. The first-order valence-corrected chi connectivity index (χ1v) is 10.5. The predicted octanol–water partition coefficient (Wildman–Crippen LogP) is 6.04. The number of allylic oxidation sites excluding steroid dienone is 4. The zero-order chi connectivity index (χ0) is 16.3. The molecule has 1 heterocycles. The van der Waals surface area contributed by atoms with Crippen molar-refractivity contribution in [3.8, 4) is 0 Å². The Bertz CT molecular complexity index is 738. The molecule has 0 amide bonds. The van der Waals surface area contributed by atoms with E-state index < -0.39 is 0 Å². The highest BCUT2D eigenvalue weighted by molar-refractivity contribution is 7.10. The molecule has 1 aromatic rings. The monoisotopic (exact) mass is 338 g/mol. The Labute approximate surface area is 148 Å². The number of ketones is 1. The number of hydrogen-bond acceptors (Lipinski definition) is 2. The standard InChI is InChI=1S/C22H26OS/c1-22-10-2-4-19(22)17-8-6-14-12-15(23)7-9-16(14)21(17)18(13-22)20-5-3-11-24-20/h3,5,11-12,17-19H,2,4,6-10,13H2,1H3/t17-,18+,19-,22-/m0/s1. The molecule has 5 rings (SSSR count). The van der Waals surface area contributed by atoms with Gasteiger partial charge in [0.25, 0.3) is 0 Å². The summed E-state index contributed by atoms with van der Waals surface area (Å²) in [5.74, 6) is 2.62. The largest absolute Gasteiger partial charge is 0.295 e. The molecule has 2 saturated carbocycles. The van der Waals surface area contributed by atoms with E-state index in [2.05, 4.69) is 24.4 Å². The maximum Gasteiger partial charge on any atom is 0.156 e. The van der Waals surface area contributed by atoms with E-state index in [4.69, 9.17) is 0 Å². The topological polar surface area (TPSA) is 17.1 Å². The van der Waals surface area contributed by atoms with Crippen LogP contribution in [0.15, 0.2) is 40.3 Å². The van der Waals surface area contributed by atoms with Crippen LogP contribution in [0.3, 0.4) is 0 Å². The van der Waals surface area contributed by atoms with Crippen LogP contribution in [0.1, 0.15) is 69.1 Å². The van der Waals surface area contributed by atoms with E-state index in [1.807, 2.05) is 17.4 Å². The maximum atomic E-state index is 11.9. The van der Waals surface area contributed by atoms with Gasteiger partial charge in [-0.3, -0.25) is 4.79 Å². The Balaban J connectivity index is 1.68. The van der Waals surface area contributed by atoms with Crippen LogP contribution in [0.25, 0.3) is 0 Å². The van der Waals surface area contributed by atoms with Crippen LogP contribution in [-0.4, -0.2) is 5.78 Å². The van der Waals surface area contributed by atoms with Gasteiger partial charge in [0.1, 0.15) is 0 Å². The van der Waals surface area contributed by atoms with Crippen molar-refractivity contribution < 1.29 is 4.79 Å².